The molecule has 0 saturated carbocycles. The van der Waals surface area contributed by atoms with Gasteiger partial charge in [0.15, 0.2) is 0 Å². The Morgan fingerprint density at radius 2 is 2.25 bits per heavy atom. The number of nitrogens with one attached hydrogen (secondary N) is 2. The molecule has 1 aromatic rings. The minimum Gasteiger partial charge on any atom is -0.323 e. The zero-order chi connectivity index (χ0) is 11.5. The lowest BCUT2D eigenvalue weighted by Crippen LogP contribution is -2.45. The molecule has 0 radical (unpaired) electrons. The highest BCUT2D eigenvalue weighted by Crippen LogP contribution is 2.28. The highest BCUT2D eigenvalue weighted by molar-refractivity contribution is 6.10. The molecule has 84 valence electrons. The number of nitrogens with zero attached hydrogens (tertiary/aromatic N) is 1. The van der Waals surface area contributed by atoms with Gasteiger partial charge in [0.1, 0.15) is 6.54 Å². The first kappa shape index (κ1) is 10.6. The molecule has 1 heterocycles. The van der Waals surface area contributed by atoms with Crippen LogP contribution in [0.2, 0.25) is 0 Å². The van der Waals surface area contributed by atoms with Crippen molar-refractivity contribution in [3.8, 4) is 0 Å². The SMILES string of the molecule is CNCC(=O)N1CC(=O)Nc2ccccc21. The molecule has 2 amide bonds. The summed E-state index contributed by atoms with van der Waals surface area (Å²) in [6.45, 7) is 0.305. The van der Waals surface area contributed by atoms with E-state index in [4.69, 9.17) is 0 Å². The Labute approximate surface area is 93.4 Å². The lowest BCUT2D eigenvalue weighted by molar-refractivity contribution is -0.121. The Balaban J connectivity index is 2.33. The number of rotatable bonds is 2. The van der Waals surface area contributed by atoms with Crippen LogP contribution in [-0.2, 0) is 9.59 Å². The number of carbonyl (C=O) groups is 2. The number of hydrogen-bond acceptors (Lipinski definition) is 3. The second kappa shape index (κ2) is 4.32. The quantitative estimate of drug-likeness (QED) is 0.746. The molecular formula is C11H13N3O2. The van der Waals surface area contributed by atoms with E-state index in [0.717, 1.165) is 5.69 Å². The van der Waals surface area contributed by atoms with Gasteiger partial charge in [-0.15, -0.1) is 0 Å². The van der Waals surface area contributed by atoms with Crippen LogP contribution < -0.4 is 15.5 Å². The predicted molar refractivity (Wildman–Crippen MR) is 61.4 cm³/mol. The van der Waals surface area contributed by atoms with E-state index in [9.17, 15) is 9.59 Å². The van der Waals surface area contributed by atoms with Crippen molar-refractivity contribution in [2.45, 2.75) is 0 Å². The van der Waals surface area contributed by atoms with Gasteiger partial charge in [-0.25, -0.2) is 0 Å². The summed E-state index contributed by atoms with van der Waals surface area (Å²) >= 11 is 0. The van der Waals surface area contributed by atoms with Gasteiger partial charge in [0.05, 0.1) is 17.9 Å². The van der Waals surface area contributed by atoms with Crippen LogP contribution in [0.25, 0.3) is 0 Å². The minimum atomic E-state index is -0.164. The summed E-state index contributed by atoms with van der Waals surface area (Å²) in [5, 5.41) is 5.52. The zero-order valence-electron chi connectivity index (χ0n) is 8.99. The molecule has 2 N–H and O–H groups in total. The van der Waals surface area contributed by atoms with Crippen molar-refractivity contribution in [2.75, 3.05) is 30.4 Å². The summed E-state index contributed by atoms with van der Waals surface area (Å²) < 4.78 is 0. The molecule has 1 aliphatic heterocycles. The van der Waals surface area contributed by atoms with Crippen LogP contribution in [0.3, 0.4) is 0 Å². The highest BCUT2D eigenvalue weighted by Gasteiger charge is 2.25. The van der Waals surface area contributed by atoms with Gasteiger partial charge in [-0.2, -0.15) is 0 Å². The third-order valence-corrected chi connectivity index (χ3v) is 2.40. The fraction of sp³-hybridized carbons (Fsp3) is 0.273. The smallest absolute Gasteiger partial charge is 0.244 e. The van der Waals surface area contributed by atoms with Crippen LogP contribution >= 0.6 is 0 Å². The van der Waals surface area contributed by atoms with Crippen LogP contribution in [0.4, 0.5) is 11.4 Å². The number of para-hydroxylation sites is 2. The van der Waals surface area contributed by atoms with E-state index in [1.165, 1.54) is 4.90 Å². The number of amides is 2. The number of hydrogen-bond donors (Lipinski definition) is 2. The van der Waals surface area contributed by atoms with E-state index < -0.39 is 0 Å². The third kappa shape index (κ3) is 1.90. The average Bonchev–Trinajstić information content (AvgIpc) is 2.28. The van der Waals surface area contributed by atoms with Crippen molar-refractivity contribution in [1.29, 1.82) is 0 Å². The van der Waals surface area contributed by atoms with Crippen LogP contribution in [-0.4, -0.2) is 32.0 Å². The minimum absolute atomic E-state index is 0.0809. The Morgan fingerprint density at radius 3 is 3.00 bits per heavy atom. The Kier molecular flexibility index (Phi) is 2.87. The van der Waals surface area contributed by atoms with Gasteiger partial charge < -0.3 is 10.6 Å². The molecule has 1 aliphatic rings. The van der Waals surface area contributed by atoms with E-state index >= 15 is 0 Å². The summed E-state index contributed by atoms with van der Waals surface area (Å²) in [5.74, 6) is -0.270. The average molecular weight is 219 g/mol. The zero-order valence-corrected chi connectivity index (χ0v) is 8.99. The van der Waals surface area contributed by atoms with Gasteiger partial charge in [0.25, 0.3) is 0 Å². The molecule has 5 nitrogen and oxygen atoms in total. The summed E-state index contributed by atoms with van der Waals surface area (Å²) in [5.41, 5.74) is 1.44. The second-order valence-electron chi connectivity index (χ2n) is 3.58. The van der Waals surface area contributed by atoms with Crippen LogP contribution in [0.15, 0.2) is 24.3 Å². The van der Waals surface area contributed by atoms with Gasteiger partial charge >= 0.3 is 0 Å². The van der Waals surface area contributed by atoms with Crippen LogP contribution in [0.5, 0.6) is 0 Å². The second-order valence-corrected chi connectivity index (χ2v) is 3.58. The largest absolute Gasteiger partial charge is 0.323 e. The topological polar surface area (TPSA) is 61.4 Å². The molecule has 0 unspecified atom stereocenters. The van der Waals surface area contributed by atoms with Gasteiger partial charge in [-0.1, -0.05) is 12.1 Å². The van der Waals surface area contributed by atoms with Gasteiger partial charge in [-0.05, 0) is 19.2 Å². The van der Waals surface area contributed by atoms with E-state index in [1.54, 1.807) is 13.1 Å². The Hall–Kier alpha value is -1.88. The molecule has 0 aliphatic carbocycles. The normalized spacial score (nSPS) is 14.3. The fourth-order valence-corrected chi connectivity index (χ4v) is 1.70. The summed E-state index contributed by atoms with van der Waals surface area (Å²) in [4.78, 5) is 24.7. The molecule has 0 aromatic heterocycles. The molecular weight excluding hydrogens is 206 g/mol. The van der Waals surface area contributed by atoms with Gasteiger partial charge in [0.2, 0.25) is 11.8 Å². The van der Waals surface area contributed by atoms with Crippen molar-refractivity contribution in [3.63, 3.8) is 0 Å². The molecule has 0 saturated heterocycles. The van der Waals surface area contributed by atoms with Gasteiger partial charge in [-0.3, -0.25) is 14.5 Å². The summed E-state index contributed by atoms with van der Waals surface area (Å²) in [6, 6.07) is 7.27. The van der Waals surface area contributed by atoms with E-state index in [1.807, 2.05) is 18.2 Å². The number of fused-ring (bicyclic) bond motifs is 1. The standard InChI is InChI=1S/C11H13N3O2/c1-12-6-11(16)14-7-10(15)13-8-4-2-3-5-9(8)14/h2-5,12H,6-7H2,1H3,(H,13,15). The van der Waals surface area contributed by atoms with E-state index in [0.29, 0.717) is 5.69 Å². The lowest BCUT2D eigenvalue weighted by Gasteiger charge is -2.29. The molecule has 16 heavy (non-hydrogen) atoms. The number of anilines is 2. The third-order valence-electron chi connectivity index (χ3n) is 2.40. The van der Waals surface area contributed by atoms with Crippen LogP contribution in [0, 0.1) is 0 Å². The molecule has 0 spiro atoms. The molecule has 2 rings (SSSR count). The van der Waals surface area contributed by atoms with Gasteiger partial charge in [0, 0.05) is 0 Å². The number of benzene rings is 1. The highest BCUT2D eigenvalue weighted by atomic mass is 16.2. The Morgan fingerprint density at radius 1 is 1.50 bits per heavy atom. The first-order valence-electron chi connectivity index (χ1n) is 5.06. The van der Waals surface area contributed by atoms with Crippen molar-refractivity contribution >= 4 is 23.2 Å². The first-order valence-corrected chi connectivity index (χ1v) is 5.06. The van der Waals surface area contributed by atoms with Crippen molar-refractivity contribution in [2.24, 2.45) is 0 Å². The maximum atomic E-state index is 11.8. The first-order chi connectivity index (χ1) is 7.72. The lowest BCUT2D eigenvalue weighted by atomic mass is 10.2. The van der Waals surface area contributed by atoms with Crippen molar-refractivity contribution in [1.82, 2.24) is 5.32 Å². The predicted octanol–water partition coefficient (Wildman–Crippen LogP) is 0.191. The molecule has 0 fully saturated rings. The fourth-order valence-electron chi connectivity index (χ4n) is 1.70. The summed E-state index contributed by atoms with van der Waals surface area (Å²) in [6.07, 6.45) is 0. The molecule has 0 atom stereocenters. The van der Waals surface area contributed by atoms with Crippen molar-refractivity contribution in [3.05, 3.63) is 24.3 Å². The number of likely N-dealkylation sites (N-methyl/N-ethyl adjacent to an activating group) is 1. The monoisotopic (exact) mass is 219 g/mol. The van der Waals surface area contributed by atoms with E-state index in [2.05, 4.69) is 10.6 Å². The maximum absolute atomic E-state index is 11.8. The van der Waals surface area contributed by atoms with Crippen molar-refractivity contribution < 1.29 is 9.59 Å². The number of carbonyl (C=O) groups excluding carboxylic acids is 2. The van der Waals surface area contributed by atoms with E-state index in [-0.39, 0.29) is 24.9 Å². The molecule has 0 bridgehead atoms. The Bertz CT molecular complexity index is 431. The molecule has 1 aromatic carbocycles. The van der Waals surface area contributed by atoms with Crippen LogP contribution in [0.1, 0.15) is 0 Å². The maximum Gasteiger partial charge on any atom is 0.244 e. The summed E-state index contributed by atoms with van der Waals surface area (Å²) in [7, 11) is 1.70. The molecule has 5 heteroatoms.